The highest BCUT2D eigenvalue weighted by atomic mass is 32.2. The summed E-state index contributed by atoms with van der Waals surface area (Å²) in [6.45, 7) is 5.50. The molecule has 0 saturated carbocycles. The van der Waals surface area contributed by atoms with Crippen molar-refractivity contribution in [1.29, 1.82) is 0 Å². The Kier molecular flexibility index (Phi) is 7.04. The molecule has 0 atom stereocenters. The monoisotopic (exact) mass is 358 g/mol. The van der Waals surface area contributed by atoms with Crippen molar-refractivity contribution in [3.63, 3.8) is 0 Å². The zero-order chi connectivity index (χ0) is 18.4. The maximum absolute atomic E-state index is 11.9. The van der Waals surface area contributed by atoms with Gasteiger partial charge in [-0.25, -0.2) is 8.42 Å². The van der Waals surface area contributed by atoms with Crippen molar-refractivity contribution in [3.05, 3.63) is 24.3 Å². The van der Waals surface area contributed by atoms with Crippen LogP contribution in [0.2, 0.25) is 0 Å². The van der Waals surface area contributed by atoms with Crippen LogP contribution in [-0.2, 0) is 14.8 Å². The molecule has 0 unspecified atom stereocenters. The molecule has 1 rings (SSSR count). The van der Waals surface area contributed by atoms with E-state index in [1.54, 1.807) is 31.4 Å². The number of benzene rings is 1. The topological polar surface area (TPSA) is 84.9 Å². The van der Waals surface area contributed by atoms with Crippen LogP contribution in [0, 0.1) is 0 Å². The highest BCUT2D eigenvalue weighted by Crippen LogP contribution is 2.17. The molecule has 136 valence electrons. The lowest BCUT2D eigenvalue weighted by Gasteiger charge is -2.24. The standard InChI is InChI=1S/C16H26N2O5S/c1-16(2,3)17-15(19)12-18(24(5,20)21)10-11-23-14-8-6-13(22-4)7-9-14/h6-9H,10-12H2,1-5H3,(H,17,19). The minimum absolute atomic E-state index is 0.0857. The summed E-state index contributed by atoms with van der Waals surface area (Å²) in [6.07, 6.45) is 1.07. The zero-order valence-electron chi connectivity index (χ0n) is 14.8. The quantitative estimate of drug-likeness (QED) is 0.756. The van der Waals surface area contributed by atoms with Gasteiger partial charge in [0.05, 0.1) is 19.9 Å². The zero-order valence-corrected chi connectivity index (χ0v) is 15.6. The van der Waals surface area contributed by atoms with Gasteiger partial charge in [0.1, 0.15) is 18.1 Å². The Bertz CT molecular complexity index is 635. The number of rotatable bonds is 8. The van der Waals surface area contributed by atoms with Crippen LogP contribution in [0.25, 0.3) is 0 Å². The van der Waals surface area contributed by atoms with Crippen LogP contribution >= 0.6 is 0 Å². The largest absolute Gasteiger partial charge is 0.497 e. The Morgan fingerprint density at radius 3 is 2.17 bits per heavy atom. The smallest absolute Gasteiger partial charge is 0.235 e. The predicted octanol–water partition coefficient (Wildman–Crippen LogP) is 1.25. The molecule has 24 heavy (non-hydrogen) atoms. The van der Waals surface area contributed by atoms with Gasteiger partial charge in [0.25, 0.3) is 0 Å². The molecule has 0 spiro atoms. The van der Waals surface area contributed by atoms with Gasteiger partial charge >= 0.3 is 0 Å². The lowest BCUT2D eigenvalue weighted by atomic mass is 10.1. The molecule has 1 aromatic carbocycles. The molecule has 8 heteroatoms. The van der Waals surface area contributed by atoms with Gasteiger partial charge in [-0.05, 0) is 45.0 Å². The Balaban J connectivity index is 2.59. The van der Waals surface area contributed by atoms with E-state index in [0.717, 1.165) is 10.6 Å². The van der Waals surface area contributed by atoms with Gasteiger partial charge in [-0.1, -0.05) is 0 Å². The second-order valence-corrected chi connectivity index (χ2v) is 8.40. The van der Waals surface area contributed by atoms with Gasteiger partial charge in [0.15, 0.2) is 0 Å². The number of methoxy groups -OCH3 is 1. The van der Waals surface area contributed by atoms with Crippen molar-refractivity contribution < 1.29 is 22.7 Å². The molecular weight excluding hydrogens is 332 g/mol. The first-order chi connectivity index (χ1) is 11.0. The molecule has 0 saturated heterocycles. The summed E-state index contributed by atoms with van der Waals surface area (Å²) in [5.74, 6) is 0.958. The van der Waals surface area contributed by atoms with Crippen LogP contribution in [0.3, 0.4) is 0 Å². The number of carbonyl (C=O) groups is 1. The van der Waals surface area contributed by atoms with Gasteiger partial charge in [0, 0.05) is 12.1 Å². The van der Waals surface area contributed by atoms with Gasteiger partial charge in [-0.2, -0.15) is 4.31 Å². The normalized spacial score (nSPS) is 12.1. The lowest BCUT2D eigenvalue weighted by Crippen LogP contribution is -2.47. The van der Waals surface area contributed by atoms with E-state index < -0.39 is 15.6 Å². The molecule has 1 aromatic rings. The molecule has 0 aliphatic heterocycles. The maximum Gasteiger partial charge on any atom is 0.235 e. The summed E-state index contributed by atoms with van der Waals surface area (Å²) < 4.78 is 35.3. The van der Waals surface area contributed by atoms with Crippen molar-refractivity contribution in [2.75, 3.05) is 33.1 Å². The van der Waals surface area contributed by atoms with Crippen LogP contribution in [0.5, 0.6) is 11.5 Å². The van der Waals surface area contributed by atoms with Crippen molar-refractivity contribution in [1.82, 2.24) is 9.62 Å². The summed E-state index contributed by atoms with van der Waals surface area (Å²) in [7, 11) is -1.94. The SMILES string of the molecule is COc1ccc(OCCN(CC(=O)NC(C)(C)C)S(C)(=O)=O)cc1. The lowest BCUT2D eigenvalue weighted by molar-refractivity contribution is -0.122. The molecule has 0 heterocycles. The fourth-order valence-corrected chi connectivity index (χ4v) is 2.68. The molecule has 0 aliphatic carbocycles. The summed E-state index contributed by atoms with van der Waals surface area (Å²) in [4.78, 5) is 11.9. The van der Waals surface area contributed by atoms with Crippen LogP contribution < -0.4 is 14.8 Å². The van der Waals surface area contributed by atoms with Crippen LogP contribution in [0.1, 0.15) is 20.8 Å². The van der Waals surface area contributed by atoms with E-state index in [4.69, 9.17) is 9.47 Å². The first-order valence-electron chi connectivity index (χ1n) is 7.54. The third-order valence-electron chi connectivity index (χ3n) is 2.97. The van der Waals surface area contributed by atoms with E-state index in [1.807, 2.05) is 20.8 Å². The van der Waals surface area contributed by atoms with Crippen LogP contribution in [-0.4, -0.2) is 57.2 Å². The van der Waals surface area contributed by atoms with Crippen molar-refractivity contribution >= 4 is 15.9 Å². The van der Waals surface area contributed by atoms with E-state index in [2.05, 4.69) is 5.32 Å². The third kappa shape index (κ3) is 7.65. The van der Waals surface area contributed by atoms with E-state index >= 15 is 0 Å². The molecule has 1 amide bonds. The molecule has 7 nitrogen and oxygen atoms in total. The molecule has 0 radical (unpaired) electrons. The van der Waals surface area contributed by atoms with Gasteiger partial charge < -0.3 is 14.8 Å². The minimum Gasteiger partial charge on any atom is -0.497 e. The van der Waals surface area contributed by atoms with E-state index in [0.29, 0.717) is 11.5 Å². The van der Waals surface area contributed by atoms with Gasteiger partial charge in [-0.3, -0.25) is 4.79 Å². The van der Waals surface area contributed by atoms with Crippen LogP contribution in [0.15, 0.2) is 24.3 Å². The summed E-state index contributed by atoms with van der Waals surface area (Å²) >= 11 is 0. The molecule has 0 aliphatic rings. The molecule has 1 N–H and O–H groups in total. The molecule has 0 aromatic heterocycles. The Morgan fingerprint density at radius 2 is 1.71 bits per heavy atom. The van der Waals surface area contributed by atoms with Crippen molar-refractivity contribution in [2.24, 2.45) is 0 Å². The fraction of sp³-hybridized carbons (Fsp3) is 0.562. The summed E-state index contributed by atoms with van der Waals surface area (Å²) in [6, 6.07) is 6.97. The Morgan fingerprint density at radius 1 is 1.17 bits per heavy atom. The maximum atomic E-state index is 11.9. The highest BCUT2D eigenvalue weighted by molar-refractivity contribution is 7.88. The van der Waals surface area contributed by atoms with Crippen molar-refractivity contribution in [3.8, 4) is 11.5 Å². The van der Waals surface area contributed by atoms with E-state index in [-0.39, 0.29) is 25.6 Å². The number of amides is 1. The number of nitrogens with one attached hydrogen (secondary N) is 1. The van der Waals surface area contributed by atoms with Gasteiger partial charge in [-0.15, -0.1) is 0 Å². The van der Waals surface area contributed by atoms with Crippen molar-refractivity contribution in [2.45, 2.75) is 26.3 Å². The predicted molar refractivity (Wildman–Crippen MR) is 92.8 cm³/mol. The molecule has 0 bridgehead atoms. The van der Waals surface area contributed by atoms with E-state index in [1.165, 1.54) is 0 Å². The highest BCUT2D eigenvalue weighted by Gasteiger charge is 2.22. The Hall–Kier alpha value is -1.80. The number of ether oxygens (including phenoxy) is 2. The summed E-state index contributed by atoms with van der Waals surface area (Å²) in [5, 5.41) is 2.74. The van der Waals surface area contributed by atoms with Gasteiger partial charge in [0.2, 0.25) is 15.9 Å². The minimum atomic E-state index is -3.51. The van der Waals surface area contributed by atoms with E-state index in [9.17, 15) is 13.2 Å². The number of hydrogen-bond acceptors (Lipinski definition) is 5. The number of hydrogen-bond donors (Lipinski definition) is 1. The summed E-state index contributed by atoms with van der Waals surface area (Å²) in [5.41, 5.74) is -0.417. The molecule has 0 fully saturated rings. The average Bonchev–Trinajstić information content (AvgIpc) is 2.44. The third-order valence-corrected chi connectivity index (χ3v) is 4.22. The fourth-order valence-electron chi connectivity index (χ4n) is 1.92. The first-order valence-corrected chi connectivity index (χ1v) is 9.39. The second-order valence-electron chi connectivity index (χ2n) is 6.42. The first kappa shape index (κ1) is 20.2. The Labute approximate surface area is 144 Å². The number of sulfonamides is 1. The average molecular weight is 358 g/mol. The number of nitrogens with zero attached hydrogens (tertiary/aromatic N) is 1. The second kappa shape index (κ2) is 8.34. The van der Waals surface area contributed by atoms with Crippen LogP contribution in [0.4, 0.5) is 0 Å². The molecular formula is C16H26N2O5S. The number of carbonyl (C=O) groups excluding carboxylic acids is 1.